The molecule has 1 aromatic heterocycles. The van der Waals surface area contributed by atoms with Crippen LogP contribution in [0.1, 0.15) is 60.8 Å². The minimum absolute atomic E-state index is 0.140. The second-order valence-corrected chi connectivity index (χ2v) is 9.28. The van der Waals surface area contributed by atoms with Crippen molar-refractivity contribution in [2.24, 2.45) is 0 Å². The molecule has 2 aromatic rings. The Balaban J connectivity index is 1.87. The van der Waals surface area contributed by atoms with Gasteiger partial charge in [0.1, 0.15) is 5.01 Å². The molecular weight excluding hydrogens is 408 g/mol. The number of sulfone groups is 1. The first-order chi connectivity index (χ1) is 13.3. The molecule has 0 aliphatic rings. The summed E-state index contributed by atoms with van der Waals surface area (Å²) in [6.07, 6.45) is 7.87. The second-order valence-electron chi connectivity index (χ2n) is 6.30. The van der Waals surface area contributed by atoms with Crippen LogP contribution in [0.4, 0.5) is 13.9 Å². The summed E-state index contributed by atoms with van der Waals surface area (Å²) in [6.45, 7) is 2.18. The van der Waals surface area contributed by atoms with Crippen LogP contribution in [0, 0.1) is 0 Å². The molecule has 1 aromatic carbocycles. The van der Waals surface area contributed by atoms with Gasteiger partial charge in [-0.3, -0.25) is 10.1 Å². The van der Waals surface area contributed by atoms with Crippen LogP contribution >= 0.6 is 11.3 Å². The minimum Gasteiger partial charge on any atom is -0.296 e. The Morgan fingerprint density at radius 2 is 1.71 bits per heavy atom. The number of rotatable bonds is 11. The van der Waals surface area contributed by atoms with E-state index in [9.17, 15) is 22.0 Å². The number of nitrogens with one attached hydrogen (secondary N) is 1. The normalized spacial score (nSPS) is 11.7. The van der Waals surface area contributed by atoms with Crippen LogP contribution in [0.5, 0.6) is 0 Å². The van der Waals surface area contributed by atoms with Gasteiger partial charge in [0, 0.05) is 12.0 Å². The lowest BCUT2D eigenvalue weighted by molar-refractivity contribution is 0.102. The number of carbonyl (C=O) groups is 1. The van der Waals surface area contributed by atoms with Crippen LogP contribution in [-0.4, -0.2) is 30.3 Å². The zero-order chi connectivity index (χ0) is 20.6. The highest BCUT2D eigenvalue weighted by Gasteiger charge is 2.26. The van der Waals surface area contributed by atoms with Crippen LogP contribution < -0.4 is 5.32 Å². The zero-order valence-electron chi connectivity index (χ0n) is 15.5. The molecule has 0 radical (unpaired) electrons. The van der Waals surface area contributed by atoms with Crippen molar-refractivity contribution in [3.63, 3.8) is 0 Å². The standard InChI is InChI=1S/C18H23F2N3O3S2/c1-2-3-4-5-6-7-8-15-22-23-18(27-15)21-16(24)13-9-11-14(12-10-13)28(25,26)17(19)20/h9-12,17H,2-8H2,1H3,(H,21,23,24). The van der Waals surface area contributed by atoms with Gasteiger partial charge in [0.2, 0.25) is 15.0 Å². The molecule has 1 N–H and O–H groups in total. The third-order valence-electron chi connectivity index (χ3n) is 4.11. The Morgan fingerprint density at radius 3 is 2.36 bits per heavy atom. The average molecular weight is 432 g/mol. The van der Waals surface area contributed by atoms with E-state index in [2.05, 4.69) is 22.4 Å². The Labute approximate surface area is 167 Å². The number of aromatic nitrogens is 2. The highest BCUT2D eigenvalue weighted by Crippen LogP contribution is 2.21. The first kappa shape index (κ1) is 22.4. The lowest BCUT2D eigenvalue weighted by Gasteiger charge is -2.05. The summed E-state index contributed by atoms with van der Waals surface area (Å²) in [7, 11) is -4.68. The van der Waals surface area contributed by atoms with E-state index in [0.717, 1.165) is 36.4 Å². The van der Waals surface area contributed by atoms with Gasteiger partial charge in [-0.25, -0.2) is 8.42 Å². The highest BCUT2D eigenvalue weighted by molar-refractivity contribution is 7.91. The number of halogens is 2. The van der Waals surface area contributed by atoms with E-state index in [0.29, 0.717) is 5.13 Å². The van der Waals surface area contributed by atoms with Crippen molar-refractivity contribution >= 4 is 32.2 Å². The monoisotopic (exact) mass is 431 g/mol. The molecule has 0 saturated heterocycles. The molecule has 0 aliphatic heterocycles. The number of anilines is 1. The molecule has 6 nitrogen and oxygen atoms in total. The smallest absolute Gasteiger partial charge is 0.296 e. The van der Waals surface area contributed by atoms with Gasteiger partial charge in [-0.15, -0.1) is 10.2 Å². The molecule has 1 heterocycles. The molecule has 0 unspecified atom stereocenters. The summed E-state index contributed by atoms with van der Waals surface area (Å²) in [5, 5.41) is 11.8. The van der Waals surface area contributed by atoms with Crippen molar-refractivity contribution in [1.29, 1.82) is 0 Å². The van der Waals surface area contributed by atoms with Crippen molar-refractivity contribution in [2.75, 3.05) is 5.32 Å². The first-order valence-corrected chi connectivity index (χ1v) is 11.5. The van der Waals surface area contributed by atoms with Crippen molar-refractivity contribution in [2.45, 2.75) is 62.5 Å². The van der Waals surface area contributed by atoms with Gasteiger partial charge < -0.3 is 0 Å². The number of benzene rings is 1. The summed E-state index contributed by atoms with van der Waals surface area (Å²) in [5.74, 6) is -4.01. The predicted octanol–water partition coefficient (Wildman–Crippen LogP) is 4.69. The quantitative estimate of drug-likeness (QED) is 0.522. The molecule has 10 heteroatoms. The lowest BCUT2D eigenvalue weighted by atomic mass is 10.1. The second kappa shape index (κ2) is 10.6. The molecule has 0 fully saturated rings. The molecule has 2 rings (SSSR count). The van der Waals surface area contributed by atoms with Crippen molar-refractivity contribution in [1.82, 2.24) is 10.2 Å². The Kier molecular flexibility index (Phi) is 8.43. The molecule has 1 amide bonds. The van der Waals surface area contributed by atoms with E-state index in [1.807, 2.05) is 0 Å². The lowest BCUT2D eigenvalue weighted by Crippen LogP contribution is -2.14. The maximum Gasteiger partial charge on any atom is 0.341 e. The van der Waals surface area contributed by atoms with Gasteiger partial charge >= 0.3 is 5.76 Å². The largest absolute Gasteiger partial charge is 0.341 e. The van der Waals surface area contributed by atoms with Crippen molar-refractivity contribution in [3.05, 3.63) is 34.8 Å². The number of hydrogen-bond acceptors (Lipinski definition) is 6. The van der Waals surface area contributed by atoms with E-state index < -0.39 is 26.4 Å². The maximum atomic E-state index is 12.5. The summed E-state index contributed by atoms with van der Waals surface area (Å²) in [5.41, 5.74) is 0.140. The number of alkyl halides is 2. The molecule has 0 saturated carbocycles. The van der Waals surface area contributed by atoms with Gasteiger partial charge in [0.25, 0.3) is 5.91 Å². The van der Waals surface area contributed by atoms with Gasteiger partial charge in [-0.05, 0) is 30.7 Å². The molecule has 0 atom stereocenters. The number of unbranched alkanes of at least 4 members (excludes halogenated alkanes) is 5. The highest BCUT2D eigenvalue weighted by atomic mass is 32.2. The van der Waals surface area contributed by atoms with Gasteiger partial charge in [-0.2, -0.15) is 8.78 Å². The molecule has 28 heavy (non-hydrogen) atoms. The van der Waals surface area contributed by atoms with Crippen LogP contribution in [0.2, 0.25) is 0 Å². The van der Waals surface area contributed by atoms with Crippen molar-refractivity contribution < 1.29 is 22.0 Å². The molecular formula is C18H23F2N3O3S2. The van der Waals surface area contributed by atoms with Crippen LogP contribution in [0.3, 0.4) is 0 Å². The predicted molar refractivity (Wildman–Crippen MR) is 105 cm³/mol. The van der Waals surface area contributed by atoms with E-state index in [1.165, 1.54) is 49.2 Å². The molecule has 154 valence electrons. The summed E-state index contributed by atoms with van der Waals surface area (Å²) >= 11 is 1.29. The van der Waals surface area contributed by atoms with E-state index >= 15 is 0 Å². The Bertz CT molecular complexity index is 868. The van der Waals surface area contributed by atoms with Crippen molar-refractivity contribution in [3.8, 4) is 0 Å². The fourth-order valence-electron chi connectivity index (χ4n) is 2.53. The van der Waals surface area contributed by atoms with E-state index in [4.69, 9.17) is 0 Å². The Hall–Kier alpha value is -1.94. The maximum absolute atomic E-state index is 12.5. The van der Waals surface area contributed by atoms with Crippen LogP contribution in [0.25, 0.3) is 0 Å². The molecule has 0 aliphatic carbocycles. The first-order valence-electron chi connectivity index (χ1n) is 9.10. The van der Waals surface area contributed by atoms with Gasteiger partial charge in [-0.1, -0.05) is 50.4 Å². The zero-order valence-corrected chi connectivity index (χ0v) is 17.2. The van der Waals surface area contributed by atoms with Crippen LogP contribution in [-0.2, 0) is 16.3 Å². The molecule has 0 bridgehead atoms. The fourth-order valence-corrected chi connectivity index (χ4v) is 4.03. The Morgan fingerprint density at radius 1 is 1.07 bits per heavy atom. The van der Waals surface area contributed by atoms with Gasteiger partial charge in [0.15, 0.2) is 0 Å². The number of hydrogen-bond donors (Lipinski definition) is 1. The number of nitrogens with zero attached hydrogens (tertiary/aromatic N) is 2. The minimum atomic E-state index is -4.68. The average Bonchev–Trinajstić information content (AvgIpc) is 3.11. The van der Waals surface area contributed by atoms with E-state index in [1.54, 1.807) is 0 Å². The third-order valence-corrected chi connectivity index (χ3v) is 6.41. The third kappa shape index (κ3) is 6.30. The summed E-state index contributed by atoms with van der Waals surface area (Å²) in [4.78, 5) is 11.7. The number of aryl methyl sites for hydroxylation is 1. The van der Waals surface area contributed by atoms with E-state index in [-0.39, 0.29) is 5.56 Å². The molecule has 0 spiro atoms. The fraction of sp³-hybridized carbons (Fsp3) is 0.500. The van der Waals surface area contributed by atoms with Crippen LogP contribution in [0.15, 0.2) is 29.2 Å². The number of carbonyl (C=O) groups excluding carboxylic acids is 1. The summed E-state index contributed by atoms with van der Waals surface area (Å²) < 4.78 is 47.9. The SMILES string of the molecule is CCCCCCCCc1nnc(NC(=O)c2ccc(S(=O)(=O)C(F)F)cc2)s1. The van der Waals surface area contributed by atoms with Gasteiger partial charge in [0.05, 0.1) is 4.90 Å². The number of amides is 1. The topological polar surface area (TPSA) is 89.0 Å². The summed E-state index contributed by atoms with van der Waals surface area (Å²) in [6, 6.07) is 4.34.